The summed E-state index contributed by atoms with van der Waals surface area (Å²) in [6.45, 7) is 2.01. The zero-order chi connectivity index (χ0) is 16.1. The van der Waals surface area contributed by atoms with Crippen LogP contribution in [0.15, 0.2) is 48.7 Å². The SMILES string of the molecule is Cc1ccccc1OCC(=O)N(c1ccccn1)C1CCSC1. The molecule has 1 unspecified atom stereocenters. The van der Waals surface area contributed by atoms with Crippen molar-refractivity contribution < 1.29 is 9.53 Å². The van der Waals surface area contributed by atoms with Gasteiger partial charge in [0.1, 0.15) is 11.6 Å². The molecule has 5 heteroatoms. The summed E-state index contributed by atoms with van der Waals surface area (Å²) >= 11 is 1.88. The van der Waals surface area contributed by atoms with Crippen LogP contribution in [0.25, 0.3) is 0 Å². The highest BCUT2D eigenvalue weighted by Crippen LogP contribution is 2.26. The Bertz CT molecular complexity index is 657. The summed E-state index contributed by atoms with van der Waals surface area (Å²) in [5.74, 6) is 3.45. The molecule has 120 valence electrons. The molecule has 1 amide bonds. The molecule has 3 rings (SSSR count). The molecule has 1 fully saturated rings. The Morgan fingerprint density at radius 3 is 2.83 bits per heavy atom. The van der Waals surface area contributed by atoms with Crippen LogP contribution in [0.3, 0.4) is 0 Å². The molecule has 1 aliphatic heterocycles. The van der Waals surface area contributed by atoms with E-state index in [9.17, 15) is 4.79 Å². The third kappa shape index (κ3) is 3.85. The normalized spacial score (nSPS) is 17.0. The molecule has 0 radical (unpaired) electrons. The van der Waals surface area contributed by atoms with Crippen LogP contribution in [-0.2, 0) is 4.79 Å². The van der Waals surface area contributed by atoms with E-state index < -0.39 is 0 Å². The highest BCUT2D eigenvalue weighted by Gasteiger charge is 2.29. The van der Waals surface area contributed by atoms with Crippen molar-refractivity contribution in [1.82, 2.24) is 4.98 Å². The van der Waals surface area contributed by atoms with E-state index in [1.54, 1.807) is 11.1 Å². The van der Waals surface area contributed by atoms with E-state index in [0.29, 0.717) is 5.82 Å². The van der Waals surface area contributed by atoms with Crippen LogP contribution in [0.2, 0.25) is 0 Å². The van der Waals surface area contributed by atoms with Gasteiger partial charge < -0.3 is 4.74 Å². The van der Waals surface area contributed by atoms with Crippen molar-refractivity contribution in [3.8, 4) is 5.75 Å². The van der Waals surface area contributed by atoms with Crippen molar-refractivity contribution in [3.63, 3.8) is 0 Å². The van der Waals surface area contributed by atoms with Gasteiger partial charge in [0.2, 0.25) is 0 Å². The quantitative estimate of drug-likeness (QED) is 0.844. The zero-order valence-corrected chi connectivity index (χ0v) is 14.0. The monoisotopic (exact) mass is 328 g/mol. The lowest BCUT2D eigenvalue weighted by atomic mass is 10.2. The number of nitrogens with zero attached hydrogens (tertiary/aromatic N) is 2. The number of hydrogen-bond acceptors (Lipinski definition) is 4. The Labute approximate surface area is 140 Å². The summed E-state index contributed by atoms with van der Waals surface area (Å²) in [6.07, 6.45) is 2.72. The van der Waals surface area contributed by atoms with E-state index in [1.807, 2.05) is 61.2 Å². The number of rotatable bonds is 5. The number of aryl methyl sites for hydroxylation is 1. The van der Waals surface area contributed by atoms with Gasteiger partial charge in [-0.25, -0.2) is 4.98 Å². The Balaban J connectivity index is 1.74. The molecule has 0 bridgehead atoms. The molecule has 1 aromatic carbocycles. The van der Waals surface area contributed by atoms with Crippen LogP contribution in [0, 0.1) is 6.92 Å². The van der Waals surface area contributed by atoms with Crippen LogP contribution in [0.1, 0.15) is 12.0 Å². The van der Waals surface area contributed by atoms with E-state index >= 15 is 0 Å². The van der Waals surface area contributed by atoms with Gasteiger partial charge >= 0.3 is 0 Å². The van der Waals surface area contributed by atoms with Crippen molar-refractivity contribution in [1.29, 1.82) is 0 Å². The summed E-state index contributed by atoms with van der Waals surface area (Å²) in [5, 5.41) is 0. The number of carbonyl (C=O) groups is 1. The maximum atomic E-state index is 12.8. The molecule has 1 saturated heterocycles. The van der Waals surface area contributed by atoms with Gasteiger partial charge in [-0.1, -0.05) is 24.3 Å². The van der Waals surface area contributed by atoms with E-state index in [2.05, 4.69) is 4.98 Å². The van der Waals surface area contributed by atoms with E-state index in [-0.39, 0.29) is 18.6 Å². The van der Waals surface area contributed by atoms with Crippen molar-refractivity contribution in [2.45, 2.75) is 19.4 Å². The van der Waals surface area contributed by atoms with Crippen LogP contribution in [0.5, 0.6) is 5.75 Å². The first-order valence-electron chi connectivity index (χ1n) is 7.75. The van der Waals surface area contributed by atoms with Crippen LogP contribution < -0.4 is 9.64 Å². The number of pyridine rings is 1. The van der Waals surface area contributed by atoms with Gasteiger partial charge in [-0.2, -0.15) is 11.8 Å². The number of para-hydroxylation sites is 1. The number of aromatic nitrogens is 1. The molecule has 1 atom stereocenters. The van der Waals surface area contributed by atoms with Gasteiger partial charge in [-0.05, 0) is 42.9 Å². The molecule has 0 aliphatic carbocycles. The first kappa shape index (κ1) is 15.9. The molecule has 0 spiro atoms. The van der Waals surface area contributed by atoms with Crippen molar-refractivity contribution >= 4 is 23.5 Å². The standard InChI is InChI=1S/C18H20N2O2S/c1-14-6-2-3-7-16(14)22-12-18(21)20(15-9-11-23-13-15)17-8-4-5-10-19-17/h2-8,10,15H,9,11-13H2,1H3. The molecular formula is C18H20N2O2S. The molecule has 2 aromatic rings. The Kier molecular flexibility index (Phi) is 5.18. The van der Waals surface area contributed by atoms with Gasteiger partial charge in [-0.3, -0.25) is 9.69 Å². The topological polar surface area (TPSA) is 42.4 Å². The van der Waals surface area contributed by atoms with E-state index in [0.717, 1.165) is 29.2 Å². The van der Waals surface area contributed by atoms with Gasteiger partial charge in [-0.15, -0.1) is 0 Å². The summed E-state index contributed by atoms with van der Waals surface area (Å²) in [4.78, 5) is 18.9. The highest BCUT2D eigenvalue weighted by atomic mass is 32.2. The summed E-state index contributed by atoms with van der Waals surface area (Å²) in [6, 6.07) is 13.6. The Hall–Kier alpha value is -2.01. The van der Waals surface area contributed by atoms with E-state index in [4.69, 9.17) is 4.74 Å². The summed E-state index contributed by atoms with van der Waals surface area (Å²) in [5.41, 5.74) is 1.03. The Morgan fingerprint density at radius 2 is 2.13 bits per heavy atom. The lowest BCUT2D eigenvalue weighted by molar-refractivity contribution is -0.121. The fourth-order valence-electron chi connectivity index (χ4n) is 2.67. The third-order valence-electron chi connectivity index (χ3n) is 3.88. The molecule has 4 nitrogen and oxygen atoms in total. The minimum atomic E-state index is -0.0422. The Morgan fingerprint density at radius 1 is 1.30 bits per heavy atom. The van der Waals surface area contributed by atoms with Crippen LogP contribution >= 0.6 is 11.8 Å². The van der Waals surface area contributed by atoms with Gasteiger partial charge in [0.15, 0.2) is 6.61 Å². The second-order valence-electron chi connectivity index (χ2n) is 5.52. The summed E-state index contributed by atoms with van der Waals surface area (Å²) in [7, 11) is 0. The first-order chi connectivity index (χ1) is 11.3. The number of thioether (sulfide) groups is 1. The fraction of sp³-hybridized carbons (Fsp3) is 0.333. The van der Waals surface area contributed by atoms with E-state index in [1.165, 1.54) is 0 Å². The largest absolute Gasteiger partial charge is 0.483 e. The van der Waals surface area contributed by atoms with Crippen molar-refractivity contribution in [3.05, 3.63) is 54.2 Å². The molecule has 0 saturated carbocycles. The first-order valence-corrected chi connectivity index (χ1v) is 8.90. The highest BCUT2D eigenvalue weighted by molar-refractivity contribution is 7.99. The van der Waals surface area contributed by atoms with Gasteiger partial charge in [0.25, 0.3) is 5.91 Å². The van der Waals surface area contributed by atoms with Crippen molar-refractivity contribution in [2.24, 2.45) is 0 Å². The number of carbonyl (C=O) groups excluding carboxylic acids is 1. The zero-order valence-electron chi connectivity index (χ0n) is 13.1. The van der Waals surface area contributed by atoms with Crippen molar-refractivity contribution in [2.75, 3.05) is 23.0 Å². The summed E-state index contributed by atoms with van der Waals surface area (Å²) < 4.78 is 5.73. The molecule has 1 aromatic heterocycles. The molecule has 23 heavy (non-hydrogen) atoms. The average Bonchev–Trinajstić information content (AvgIpc) is 3.09. The predicted molar refractivity (Wildman–Crippen MR) is 94.1 cm³/mol. The molecular weight excluding hydrogens is 308 g/mol. The molecule has 2 heterocycles. The number of ether oxygens (including phenoxy) is 1. The lowest BCUT2D eigenvalue weighted by Crippen LogP contribution is -2.43. The number of benzene rings is 1. The van der Waals surface area contributed by atoms with Gasteiger partial charge in [0, 0.05) is 18.0 Å². The fourth-order valence-corrected chi connectivity index (χ4v) is 3.86. The number of hydrogen-bond donors (Lipinski definition) is 0. The smallest absolute Gasteiger partial charge is 0.266 e. The molecule has 1 aliphatic rings. The van der Waals surface area contributed by atoms with Crippen LogP contribution in [0.4, 0.5) is 5.82 Å². The number of anilines is 1. The third-order valence-corrected chi connectivity index (χ3v) is 5.03. The molecule has 0 N–H and O–H groups in total. The maximum Gasteiger partial charge on any atom is 0.266 e. The van der Waals surface area contributed by atoms with Crippen LogP contribution in [-0.4, -0.2) is 35.0 Å². The minimum absolute atomic E-state index is 0.0304. The second-order valence-corrected chi connectivity index (χ2v) is 6.67. The second kappa shape index (κ2) is 7.51. The van der Waals surface area contributed by atoms with Gasteiger partial charge in [0.05, 0.1) is 0 Å². The average molecular weight is 328 g/mol. The lowest BCUT2D eigenvalue weighted by Gasteiger charge is -2.27. The predicted octanol–water partition coefficient (Wildman–Crippen LogP) is 3.31. The minimum Gasteiger partial charge on any atom is -0.483 e. The maximum absolute atomic E-state index is 12.8. The number of amides is 1.